The third-order valence-corrected chi connectivity index (χ3v) is 3.86. The molecular formula is C20H20N2O3. The summed E-state index contributed by atoms with van der Waals surface area (Å²) >= 11 is 0. The summed E-state index contributed by atoms with van der Waals surface area (Å²) in [4.78, 5) is 17.1. The molecule has 0 fully saturated rings. The van der Waals surface area contributed by atoms with Crippen molar-refractivity contribution in [3.8, 4) is 5.75 Å². The molecule has 128 valence electrons. The molecular weight excluding hydrogens is 316 g/mol. The minimum Gasteiger partial charge on any atom is -0.491 e. The van der Waals surface area contributed by atoms with E-state index in [1.807, 2.05) is 55.5 Å². The lowest BCUT2D eigenvalue weighted by atomic mass is 10.1. The molecule has 1 aromatic heterocycles. The van der Waals surface area contributed by atoms with Gasteiger partial charge in [0, 0.05) is 23.2 Å². The second-order valence-corrected chi connectivity index (χ2v) is 5.69. The molecule has 2 N–H and O–H groups in total. The Bertz CT molecular complexity index is 893. The minimum atomic E-state index is -0.180. The molecule has 0 atom stereocenters. The van der Waals surface area contributed by atoms with Crippen LogP contribution in [0.5, 0.6) is 5.75 Å². The number of pyridine rings is 1. The number of nitrogens with one attached hydrogen (secondary N) is 1. The SMILES string of the molecule is Cc1ccc2cccc(C(=O)NCc3ccccc3OCCO)c2n1. The second-order valence-electron chi connectivity index (χ2n) is 5.69. The van der Waals surface area contributed by atoms with Gasteiger partial charge in [0.2, 0.25) is 0 Å². The molecule has 0 aliphatic heterocycles. The van der Waals surface area contributed by atoms with Crippen molar-refractivity contribution in [1.82, 2.24) is 10.3 Å². The Morgan fingerprint density at radius 1 is 1.12 bits per heavy atom. The maximum Gasteiger partial charge on any atom is 0.253 e. The highest BCUT2D eigenvalue weighted by Gasteiger charge is 2.12. The predicted octanol–water partition coefficient (Wildman–Crippen LogP) is 2.84. The monoisotopic (exact) mass is 336 g/mol. The van der Waals surface area contributed by atoms with Crippen LogP contribution in [0.2, 0.25) is 0 Å². The highest BCUT2D eigenvalue weighted by molar-refractivity contribution is 6.05. The number of fused-ring (bicyclic) bond motifs is 1. The van der Waals surface area contributed by atoms with Gasteiger partial charge in [0.25, 0.3) is 5.91 Å². The van der Waals surface area contributed by atoms with Gasteiger partial charge in [-0.1, -0.05) is 36.4 Å². The van der Waals surface area contributed by atoms with Crippen molar-refractivity contribution in [2.45, 2.75) is 13.5 Å². The summed E-state index contributed by atoms with van der Waals surface area (Å²) in [5.41, 5.74) is 2.98. The molecule has 0 unspecified atom stereocenters. The molecule has 0 bridgehead atoms. The minimum absolute atomic E-state index is 0.0539. The number of carbonyl (C=O) groups excluding carboxylic acids is 1. The smallest absolute Gasteiger partial charge is 0.253 e. The van der Waals surface area contributed by atoms with Crippen LogP contribution < -0.4 is 10.1 Å². The molecule has 5 nitrogen and oxygen atoms in total. The topological polar surface area (TPSA) is 71.5 Å². The van der Waals surface area contributed by atoms with Crippen LogP contribution in [-0.2, 0) is 6.54 Å². The summed E-state index contributed by atoms with van der Waals surface area (Å²) in [6.07, 6.45) is 0. The fourth-order valence-electron chi connectivity index (χ4n) is 2.64. The van der Waals surface area contributed by atoms with E-state index in [0.717, 1.165) is 16.6 Å². The maximum atomic E-state index is 12.6. The normalized spacial score (nSPS) is 10.6. The summed E-state index contributed by atoms with van der Waals surface area (Å²) in [6.45, 7) is 2.41. The van der Waals surface area contributed by atoms with Crippen LogP contribution in [-0.4, -0.2) is 29.2 Å². The molecule has 0 radical (unpaired) electrons. The van der Waals surface area contributed by atoms with Crippen molar-refractivity contribution in [3.05, 3.63) is 71.4 Å². The number of benzene rings is 2. The number of rotatable bonds is 6. The number of aliphatic hydroxyl groups is 1. The summed E-state index contributed by atoms with van der Waals surface area (Å²) in [5.74, 6) is 0.476. The quantitative estimate of drug-likeness (QED) is 0.726. The first-order chi connectivity index (χ1) is 12.2. The fraction of sp³-hybridized carbons (Fsp3) is 0.200. The Balaban J connectivity index is 1.79. The van der Waals surface area contributed by atoms with Crippen LogP contribution in [0.1, 0.15) is 21.6 Å². The Kier molecular flexibility index (Phi) is 5.26. The van der Waals surface area contributed by atoms with Crippen LogP contribution in [0.25, 0.3) is 10.9 Å². The number of carbonyl (C=O) groups is 1. The third-order valence-electron chi connectivity index (χ3n) is 3.86. The molecule has 0 saturated carbocycles. The van der Waals surface area contributed by atoms with Gasteiger partial charge in [-0.3, -0.25) is 9.78 Å². The van der Waals surface area contributed by atoms with E-state index in [9.17, 15) is 4.79 Å². The zero-order valence-corrected chi connectivity index (χ0v) is 14.0. The number of aryl methyl sites for hydroxylation is 1. The Labute approximate surface area is 146 Å². The van der Waals surface area contributed by atoms with Gasteiger partial charge in [-0.2, -0.15) is 0 Å². The fourth-order valence-corrected chi connectivity index (χ4v) is 2.64. The molecule has 0 aliphatic rings. The summed E-state index contributed by atoms with van der Waals surface area (Å²) < 4.78 is 5.50. The summed E-state index contributed by atoms with van der Waals surface area (Å²) in [7, 11) is 0. The summed E-state index contributed by atoms with van der Waals surface area (Å²) in [5, 5.41) is 12.8. The van der Waals surface area contributed by atoms with E-state index >= 15 is 0 Å². The van der Waals surface area contributed by atoms with E-state index in [1.54, 1.807) is 6.07 Å². The number of nitrogens with zero attached hydrogens (tertiary/aromatic N) is 1. The zero-order chi connectivity index (χ0) is 17.6. The van der Waals surface area contributed by atoms with Gasteiger partial charge in [0.05, 0.1) is 17.7 Å². The molecule has 0 aliphatic carbocycles. The van der Waals surface area contributed by atoms with Gasteiger partial charge < -0.3 is 15.2 Å². The lowest BCUT2D eigenvalue weighted by molar-refractivity contribution is 0.0952. The second kappa shape index (κ2) is 7.77. The standard InChI is InChI=1S/C20H20N2O3/c1-14-9-10-15-6-4-7-17(19(15)22-14)20(24)21-13-16-5-2-3-8-18(16)25-12-11-23/h2-10,23H,11-13H2,1H3,(H,21,24). The van der Waals surface area contributed by atoms with Gasteiger partial charge >= 0.3 is 0 Å². The Morgan fingerprint density at radius 2 is 1.96 bits per heavy atom. The van der Waals surface area contributed by atoms with Crippen molar-refractivity contribution < 1.29 is 14.6 Å². The van der Waals surface area contributed by atoms with Crippen molar-refractivity contribution in [2.75, 3.05) is 13.2 Å². The van der Waals surface area contributed by atoms with Crippen molar-refractivity contribution >= 4 is 16.8 Å². The average Bonchev–Trinajstić information content (AvgIpc) is 2.64. The van der Waals surface area contributed by atoms with Gasteiger partial charge in [-0.25, -0.2) is 0 Å². The van der Waals surface area contributed by atoms with Gasteiger partial charge in [-0.05, 0) is 25.1 Å². The molecule has 3 rings (SSSR count). The first-order valence-corrected chi connectivity index (χ1v) is 8.15. The van der Waals surface area contributed by atoms with Crippen LogP contribution in [0.4, 0.5) is 0 Å². The number of para-hydroxylation sites is 2. The van der Waals surface area contributed by atoms with Crippen molar-refractivity contribution in [3.63, 3.8) is 0 Å². The van der Waals surface area contributed by atoms with Gasteiger partial charge in [0.1, 0.15) is 12.4 Å². The van der Waals surface area contributed by atoms with E-state index in [4.69, 9.17) is 9.84 Å². The number of aliphatic hydroxyl groups excluding tert-OH is 1. The Hall–Kier alpha value is -2.92. The molecule has 25 heavy (non-hydrogen) atoms. The van der Waals surface area contributed by atoms with E-state index < -0.39 is 0 Å². The van der Waals surface area contributed by atoms with Crippen LogP contribution in [0, 0.1) is 6.92 Å². The third kappa shape index (κ3) is 3.95. The van der Waals surface area contributed by atoms with Crippen molar-refractivity contribution in [2.24, 2.45) is 0 Å². The molecule has 3 aromatic rings. The zero-order valence-electron chi connectivity index (χ0n) is 14.0. The number of ether oxygens (including phenoxy) is 1. The largest absolute Gasteiger partial charge is 0.491 e. The van der Waals surface area contributed by atoms with Crippen LogP contribution in [0.3, 0.4) is 0 Å². The highest BCUT2D eigenvalue weighted by atomic mass is 16.5. The molecule has 2 aromatic carbocycles. The number of amides is 1. The van der Waals surface area contributed by atoms with Gasteiger partial charge in [0.15, 0.2) is 0 Å². The first kappa shape index (κ1) is 16.9. The van der Waals surface area contributed by atoms with E-state index in [-0.39, 0.29) is 19.1 Å². The highest BCUT2D eigenvalue weighted by Crippen LogP contribution is 2.19. The lowest BCUT2D eigenvalue weighted by Gasteiger charge is -2.12. The first-order valence-electron chi connectivity index (χ1n) is 8.15. The predicted molar refractivity (Wildman–Crippen MR) is 96.7 cm³/mol. The number of aromatic nitrogens is 1. The van der Waals surface area contributed by atoms with Crippen LogP contribution >= 0.6 is 0 Å². The van der Waals surface area contributed by atoms with Gasteiger partial charge in [-0.15, -0.1) is 0 Å². The number of hydrogen-bond acceptors (Lipinski definition) is 4. The van der Waals surface area contributed by atoms with E-state index in [0.29, 0.717) is 23.4 Å². The van der Waals surface area contributed by atoms with Crippen LogP contribution in [0.15, 0.2) is 54.6 Å². The van der Waals surface area contributed by atoms with E-state index in [2.05, 4.69) is 10.3 Å². The molecule has 1 heterocycles. The van der Waals surface area contributed by atoms with E-state index in [1.165, 1.54) is 0 Å². The van der Waals surface area contributed by atoms with Crippen molar-refractivity contribution in [1.29, 1.82) is 0 Å². The summed E-state index contributed by atoms with van der Waals surface area (Å²) in [6, 6.07) is 16.9. The number of hydrogen-bond donors (Lipinski definition) is 2. The molecule has 1 amide bonds. The average molecular weight is 336 g/mol. The Morgan fingerprint density at radius 3 is 2.80 bits per heavy atom. The maximum absolute atomic E-state index is 12.6. The lowest BCUT2D eigenvalue weighted by Crippen LogP contribution is -2.23. The molecule has 0 saturated heterocycles. The molecule has 5 heteroatoms. The molecule has 0 spiro atoms.